The van der Waals surface area contributed by atoms with Gasteiger partial charge < -0.3 is 10.1 Å². The number of methoxy groups -OCH3 is 1. The van der Waals surface area contributed by atoms with Gasteiger partial charge in [-0.2, -0.15) is 0 Å². The van der Waals surface area contributed by atoms with E-state index in [0.29, 0.717) is 0 Å². The molecule has 1 N–H and O–H groups in total. The third kappa shape index (κ3) is 3.44. The molecule has 0 saturated carbocycles. The third-order valence-electron chi connectivity index (χ3n) is 3.25. The van der Waals surface area contributed by atoms with Gasteiger partial charge in [-0.25, -0.2) is 0 Å². The highest BCUT2D eigenvalue weighted by atomic mass is 16.5. The maximum Gasteiger partial charge on any atom is 0.119 e. The van der Waals surface area contributed by atoms with Crippen LogP contribution in [-0.2, 0) is 6.54 Å². The second-order valence-electron chi connectivity index (χ2n) is 4.84. The second-order valence-corrected chi connectivity index (χ2v) is 4.84. The zero-order chi connectivity index (χ0) is 13.7. The van der Waals surface area contributed by atoms with Gasteiger partial charge in [0.2, 0.25) is 0 Å². The van der Waals surface area contributed by atoms with Crippen LogP contribution in [0.4, 0.5) is 0 Å². The Balaban J connectivity index is 2.28. The standard InChI is InChI=1S/C16H22N2O/c1-4-5-8-17-11-13-9-12(2)18-16-7-6-14(19-3)10-15(13)16/h6-7,9-10,17H,4-5,8,11H2,1-3H3. The first kappa shape index (κ1) is 13.8. The monoisotopic (exact) mass is 258 g/mol. The van der Waals surface area contributed by atoms with Crippen LogP contribution in [0.15, 0.2) is 24.3 Å². The molecule has 19 heavy (non-hydrogen) atoms. The van der Waals surface area contributed by atoms with Crippen LogP contribution in [0, 0.1) is 6.92 Å². The summed E-state index contributed by atoms with van der Waals surface area (Å²) >= 11 is 0. The van der Waals surface area contributed by atoms with E-state index in [1.165, 1.54) is 23.8 Å². The first-order chi connectivity index (χ1) is 9.24. The maximum absolute atomic E-state index is 5.30. The molecule has 1 aromatic carbocycles. The quantitative estimate of drug-likeness (QED) is 0.806. The molecule has 0 aliphatic rings. The number of aryl methyl sites for hydroxylation is 1. The fraction of sp³-hybridized carbons (Fsp3) is 0.438. The van der Waals surface area contributed by atoms with Crippen molar-refractivity contribution in [2.24, 2.45) is 0 Å². The number of benzene rings is 1. The van der Waals surface area contributed by atoms with Crippen LogP contribution in [-0.4, -0.2) is 18.6 Å². The Morgan fingerprint density at radius 3 is 2.84 bits per heavy atom. The van der Waals surface area contributed by atoms with Crippen molar-refractivity contribution in [1.82, 2.24) is 10.3 Å². The van der Waals surface area contributed by atoms with E-state index in [-0.39, 0.29) is 0 Å². The normalized spacial score (nSPS) is 10.9. The highest BCUT2D eigenvalue weighted by Crippen LogP contribution is 2.23. The van der Waals surface area contributed by atoms with E-state index >= 15 is 0 Å². The molecule has 0 fully saturated rings. The molecule has 0 spiro atoms. The van der Waals surface area contributed by atoms with Crippen molar-refractivity contribution in [2.45, 2.75) is 33.2 Å². The van der Waals surface area contributed by atoms with E-state index in [2.05, 4.69) is 29.4 Å². The molecule has 0 aliphatic heterocycles. The van der Waals surface area contributed by atoms with Gasteiger partial charge in [-0.15, -0.1) is 0 Å². The van der Waals surface area contributed by atoms with Crippen LogP contribution >= 0.6 is 0 Å². The predicted molar refractivity (Wildman–Crippen MR) is 79.6 cm³/mol. The summed E-state index contributed by atoms with van der Waals surface area (Å²) < 4.78 is 5.30. The molecule has 0 unspecified atom stereocenters. The van der Waals surface area contributed by atoms with E-state index in [9.17, 15) is 0 Å². The van der Waals surface area contributed by atoms with E-state index in [1.807, 2.05) is 19.1 Å². The molecule has 0 bridgehead atoms. The number of hydrogen-bond donors (Lipinski definition) is 1. The Bertz CT molecular complexity index is 552. The van der Waals surface area contributed by atoms with Crippen LogP contribution in [0.3, 0.4) is 0 Å². The lowest BCUT2D eigenvalue weighted by Gasteiger charge is -2.10. The van der Waals surface area contributed by atoms with E-state index < -0.39 is 0 Å². The van der Waals surface area contributed by atoms with Crippen molar-refractivity contribution in [3.8, 4) is 5.75 Å². The Labute approximate surface area is 115 Å². The molecule has 0 saturated heterocycles. The van der Waals surface area contributed by atoms with Gasteiger partial charge in [0, 0.05) is 17.6 Å². The maximum atomic E-state index is 5.30. The zero-order valence-electron chi connectivity index (χ0n) is 12.0. The average molecular weight is 258 g/mol. The van der Waals surface area contributed by atoms with Crippen LogP contribution in [0.2, 0.25) is 0 Å². The molecular formula is C16H22N2O. The van der Waals surface area contributed by atoms with Crippen molar-refractivity contribution >= 4 is 10.9 Å². The molecule has 0 radical (unpaired) electrons. The minimum Gasteiger partial charge on any atom is -0.497 e. The van der Waals surface area contributed by atoms with Gasteiger partial charge in [-0.3, -0.25) is 4.98 Å². The predicted octanol–water partition coefficient (Wildman–Crippen LogP) is 3.44. The lowest BCUT2D eigenvalue weighted by molar-refractivity contribution is 0.415. The minimum atomic E-state index is 0.882. The molecule has 1 aromatic heterocycles. The Kier molecular flexibility index (Phi) is 4.74. The zero-order valence-corrected chi connectivity index (χ0v) is 12.0. The van der Waals surface area contributed by atoms with Gasteiger partial charge in [-0.05, 0) is 49.7 Å². The van der Waals surface area contributed by atoms with Crippen LogP contribution in [0.5, 0.6) is 5.75 Å². The summed E-state index contributed by atoms with van der Waals surface area (Å²) in [5.74, 6) is 0.882. The fourth-order valence-electron chi connectivity index (χ4n) is 2.22. The largest absolute Gasteiger partial charge is 0.497 e. The van der Waals surface area contributed by atoms with Gasteiger partial charge in [-0.1, -0.05) is 13.3 Å². The van der Waals surface area contributed by atoms with Crippen LogP contribution in [0.1, 0.15) is 31.0 Å². The molecule has 1 heterocycles. The summed E-state index contributed by atoms with van der Waals surface area (Å²) in [6.45, 7) is 6.19. The topological polar surface area (TPSA) is 34.2 Å². The number of nitrogens with zero attached hydrogens (tertiary/aromatic N) is 1. The van der Waals surface area contributed by atoms with Crippen LogP contribution < -0.4 is 10.1 Å². The summed E-state index contributed by atoms with van der Waals surface area (Å²) in [5, 5.41) is 4.67. The van der Waals surface area contributed by atoms with Crippen molar-refractivity contribution in [3.05, 3.63) is 35.5 Å². The summed E-state index contributed by atoms with van der Waals surface area (Å²) in [6, 6.07) is 8.21. The SMILES string of the molecule is CCCCNCc1cc(C)nc2ccc(OC)cc12. The molecule has 102 valence electrons. The highest BCUT2D eigenvalue weighted by Gasteiger charge is 2.05. The molecule has 3 nitrogen and oxygen atoms in total. The smallest absolute Gasteiger partial charge is 0.119 e. The molecule has 0 atom stereocenters. The molecular weight excluding hydrogens is 236 g/mol. The van der Waals surface area contributed by atoms with Crippen LogP contribution in [0.25, 0.3) is 10.9 Å². The Morgan fingerprint density at radius 2 is 2.11 bits per heavy atom. The second kappa shape index (κ2) is 6.53. The third-order valence-corrected chi connectivity index (χ3v) is 3.25. The molecule has 2 aromatic rings. The summed E-state index contributed by atoms with van der Waals surface area (Å²) in [6.07, 6.45) is 2.43. The van der Waals surface area contributed by atoms with Crippen molar-refractivity contribution in [2.75, 3.05) is 13.7 Å². The number of aromatic nitrogens is 1. The lowest BCUT2D eigenvalue weighted by Crippen LogP contribution is -2.15. The molecule has 0 aliphatic carbocycles. The fourth-order valence-corrected chi connectivity index (χ4v) is 2.22. The molecule has 3 heteroatoms. The summed E-state index contributed by atoms with van der Waals surface area (Å²) in [5.41, 5.74) is 3.38. The number of ether oxygens (including phenoxy) is 1. The highest BCUT2D eigenvalue weighted by molar-refractivity contribution is 5.83. The summed E-state index contributed by atoms with van der Waals surface area (Å²) in [4.78, 5) is 4.57. The Hall–Kier alpha value is -1.61. The van der Waals surface area contributed by atoms with Gasteiger partial charge in [0.25, 0.3) is 0 Å². The molecule has 2 rings (SSSR count). The minimum absolute atomic E-state index is 0.882. The lowest BCUT2D eigenvalue weighted by atomic mass is 10.1. The number of hydrogen-bond acceptors (Lipinski definition) is 3. The van der Waals surface area contributed by atoms with Crippen molar-refractivity contribution < 1.29 is 4.74 Å². The van der Waals surface area contributed by atoms with Gasteiger partial charge in [0.05, 0.1) is 12.6 Å². The Morgan fingerprint density at radius 1 is 1.26 bits per heavy atom. The molecule has 0 amide bonds. The van der Waals surface area contributed by atoms with Gasteiger partial charge in [0.1, 0.15) is 5.75 Å². The average Bonchev–Trinajstić information content (AvgIpc) is 2.43. The first-order valence-corrected chi connectivity index (χ1v) is 6.89. The van der Waals surface area contributed by atoms with E-state index in [0.717, 1.165) is 30.0 Å². The van der Waals surface area contributed by atoms with Crippen molar-refractivity contribution in [1.29, 1.82) is 0 Å². The van der Waals surface area contributed by atoms with Crippen molar-refractivity contribution in [3.63, 3.8) is 0 Å². The number of unbranched alkanes of at least 4 members (excludes halogenated alkanes) is 1. The number of fused-ring (bicyclic) bond motifs is 1. The first-order valence-electron chi connectivity index (χ1n) is 6.89. The summed E-state index contributed by atoms with van der Waals surface area (Å²) in [7, 11) is 1.70. The number of nitrogens with one attached hydrogen (secondary N) is 1. The number of pyridine rings is 1. The van der Waals surface area contributed by atoms with Gasteiger partial charge >= 0.3 is 0 Å². The van der Waals surface area contributed by atoms with E-state index in [1.54, 1.807) is 7.11 Å². The van der Waals surface area contributed by atoms with E-state index in [4.69, 9.17) is 4.74 Å². The van der Waals surface area contributed by atoms with Gasteiger partial charge in [0.15, 0.2) is 0 Å². The number of rotatable bonds is 6.